The van der Waals surface area contributed by atoms with Gasteiger partial charge in [0.2, 0.25) is 11.7 Å². The van der Waals surface area contributed by atoms with Crippen molar-refractivity contribution in [2.24, 2.45) is 23.5 Å². The summed E-state index contributed by atoms with van der Waals surface area (Å²) in [5.74, 6) is -7.58. The minimum atomic E-state index is -2.68. The number of anilines is 1. The summed E-state index contributed by atoms with van der Waals surface area (Å²) < 4.78 is 0. The van der Waals surface area contributed by atoms with Crippen molar-refractivity contribution in [2.75, 3.05) is 33.1 Å². The van der Waals surface area contributed by atoms with E-state index in [-0.39, 0.29) is 29.7 Å². The number of aromatic hydroxyl groups is 1. The average Bonchev–Trinajstić information content (AvgIpc) is 2.90. The number of fused-ring (bicyclic) bond motifs is 3. The Labute approximate surface area is 238 Å². The van der Waals surface area contributed by atoms with Crippen LogP contribution in [0.15, 0.2) is 42.0 Å². The zero-order chi connectivity index (χ0) is 30.0. The molecule has 216 valence electrons. The van der Waals surface area contributed by atoms with Crippen LogP contribution in [0.25, 0.3) is 17.9 Å². The van der Waals surface area contributed by atoms with Gasteiger partial charge in [-0.05, 0) is 50.0 Å². The van der Waals surface area contributed by atoms with E-state index in [4.69, 9.17) is 5.73 Å². The van der Waals surface area contributed by atoms with Gasteiger partial charge in [0.15, 0.2) is 11.4 Å². The standard InChI is InChI=1S/C31H35N3O7/c1-33(2)20-14-16(11-10-15-8-6-5-7-9-15)25(35)22-18(20)12-17-13-19-24(34(3)4)27(37)23(30(32)40)29(39)31(19,41)28(38)21(17)26(22)36/h5-11,14,17,19,23-24,27,35-37,41H,12-13H2,1-4H3,(H2,32,40)/b11-10+/t17-,19-,23?,24-,27?,31-/m0/s1. The molecule has 0 aliphatic heterocycles. The van der Waals surface area contributed by atoms with Gasteiger partial charge in [-0.3, -0.25) is 14.4 Å². The zero-order valence-corrected chi connectivity index (χ0v) is 23.4. The quantitative estimate of drug-likeness (QED) is 0.268. The lowest BCUT2D eigenvalue weighted by molar-refractivity contribution is -0.184. The molecule has 41 heavy (non-hydrogen) atoms. The van der Waals surface area contributed by atoms with E-state index in [0.717, 1.165) is 11.3 Å². The number of rotatable bonds is 5. The first-order valence-corrected chi connectivity index (χ1v) is 13.5. The number of benzene rings is 2. The second kappa shape index (κ2) is 10.1. The van der Waals surface area contributed by atoms with Gasteiger partial charge in [-0.2, -0.15) is 0 Å². The predicted molar refractivity (Wildman–Crippen MR) is 154 cm³/mol. The number of amides is 1. The number of likely N-dealkylation sites (N-methyl/N-ethyl adjacent to an activating group) is 1. The fourth-order valence-corrected chi connectivity index (χ4v) is 6.95. The van der Waals surface area contributed by atoms with E-state index in [0.29, 0.717) is 11.1 Å². The Morgan fingerprint density at radius 2 is 1.73 bits per heavy atom. The summed E-state index contributed by atoms with van der Waals surface area (Å²) in [5.41, 5.74) is 5.29. The molecule has 0 spiro atoms. The van der Waals surface area contributed by atoms with Crippen LogP contribution in [0, 0.1) is 17.8 Å². The summed E-state index contributed by atoms with van der Waals surface area (Å²) in [6.45, 7) is 0. The van der Waals surface area contributed by atoms with Crippen molar-refractivity contribution in [3.05, 3.63) is 64.2 Å². The van der Waals surface area contributed by atoms with E-state index in [9.17, 15) is 34.8 Å². The van der Waals surface area contributed by atoms with Gasteiger partial charge >= 0.3 is 0 Å². The number of aliphatic hydroxyl groups is 3. The second-order valence-corrected chi connectivity index (χ2v) is 11.6. The van der Waals surface area contributed by atoms with Gasteiger partial charge in [0, 0.05) is 42.9 Å². The number of phenolic OH excluding ortho intramolecular Hbond substituents is 1. The first-order chi connectivity index (χ1) is 19.3. The minimum Gasteiger partial charge on any atom is -0.507 e. The summed E-state index contributed by atoms with van der Waals surface area (Å²) >= 11 is 0. The van der Waals surface area contributed by atoms with Crippen LogP contribution in [0.3, 0.4) is 0 Å². The first-order valence-electron chi connectivity index (χ1n) is 13.5. The van der Waals surface area contributed by atoms with E-state index < -0.39 is 58.7 Å². The summed E-state index contributed by atoms with van der Waals surface area (Å²) in [6, 6.07) is 10.3. The summed E-state index contributed by atoms with van der Waals surface area (Å²) in [4.78, 5) is 43.2. The molecule has 2 fully saturated rings. The highest BCUT2D eigenvalue weighted by Crippen LogP contribution is 2.53. The van der Waals surface area contributed by atoms with E-state index in [1.807, 2.05) is 55.4 Å². The maximum absolute atomic E-state index is 14.1. The predicted octanol–water partition coefficient (Wildman–Crippen LogP) is 1.37. The summed E-state index contributed by atoms with van der Waals surface area (Å²) in [5, 5.41) is 45.8. The third-order valence-corrected chi connectivity index (χ3v) is 8.83. The number of hydrogen-bond acceptors (Lipinski definition) is 9. The maximum Gasteiger partial charge on any atom is 0.230 e. The number of Topliss-reactive ketones (excluding diaryl/α,β-unsaturated/α-hetero) is 2. The molecular formula is C31H35N3O7. The number of primary amides is 1. The number of carbonyl (C=O) groups is 3. The number of phenols is 1. The average molecular weight is 562 g/mol. The van der Waals surface area contributed by atoms with Gasteiger partial charge in [0.25, 0.3) is 0 Å². The molecule has 0 bridgehead atoms. The van der Waals surface area contributed by atoms with E-state index in [2.05, 4.69) is 0 Å². The Bertz CT molecular complexity index is 1500. The molecule has 1 amide bonds. The van der Waals surface area contributed by atoms with Crippen LogP contribution >= 0.6 is 0 Å². The van der Waals surface area contributed by atoms with Crippen LogP contribution in [-0.2, 0) is 20.8 Å². The fraction of sp³-hybridized carbons (Fsp3) is 0.387. The number of nitrogens with two attached hydrogens (primary N) is 1. The number of carbonyl (C=O) groups excluding carboxylic acids is 3. The molecule has 0 heterocycles. The smallest absolute Gasteiger partial charge is 0.230 e. The van der Waals surface area contributed by atoms with E-state index in [1.54, 1.807) is 31.1 Å². The molecule has 0 radical (unpaired) electrons. The molecule has 3 aliphatic carbocycles. The molecular weight excluding hydrogens is 526 g/mol. The topological polar surface area (TPSA) is 165 Å². The Kier molecular flexibility index (Phi) is 7.05. The molecule has 0 saturated heterocycles. The highest BCUT2D eigenvalue weighted by Gasteiger charge is 2.67. The SMILES string of the molecule is CN(C)c1cc(/C=C/c2ccccc2)c(O)c2c1C[C@H]1C[C@H]3[C@H](N(C)C)C(O)C(C(N)=O)C(=O)[C@@]3(O)C(=O)C1=C2O. The molecule has 6 N–H and O–H groups in total. The largest absolute Gasteiger partial charge is 0.507 e. The Morgan fingerprint density at radius 1 is 1.07 bits per heavy atom. The lowest BCUT2D eigenvalue weighted by Crippen LogP contribution is -2.73. The van der Waals surface area contributed by atoms with Gasteiger partial charge < -0.3 is 36.0 Å². The lowest BCUT2D eigenvalue weighted by atomic mass is 9.54. The van der Waals surface area contributed by atoms with Crippen LogP contribution in [0.4, 0.5) is 5.69 Å². The normalized spacial score (nSPS) is 29.4. The van der Waals surface area contributed by atoms with Crippen LogP contribution in [0.5, 0.6) is 5.75 Å². The Balaban J connectivity index is 1.69. The van der Waals surface area contributed by atoms with Gasteiger partial charge in [-0.15, -0.1) is 0 Å². The van der Waals surface area contributed by atoms with Crippen LogP contribution in [0.2, 0.25) is 0 Å². The minimum absolute atomic E-state index is 0.0597. The fourth-order valence-electron chi connectivity index (χ4n) is 6.95. The third kappa shape index (κ3) is 4.25. The zero-order valence-electron chi connectivity index (χ0n) is 23.4. The van der Waals surface area contributed by atoms with Gasteiger partial charge in [-0.25, -0.2) is 0 Å². The highest BCUT2D eigenvalue weighted by atomic mass is 16.3. The number of nitrogens with zero attached hydrogens (tertiary/aromatic N) is 2. The molecule has 0 aromatic heterocycles. The van der Waals surface area contributed by atoms with Crippen LogP contribution < -0.4 is 10.6 Å². The van der Waals surface area contributed by atoms with Crippen LogP contribution in [0.1, 0.15) is 28.7 Å². The summed E-state index contributed by atoms with van der Waals surface area (Å²) in [7, 11) is 6.91. The van der Waals surface area contributed by atoms with Crippen molar-refractivity contribution in [1.82, 2.24) is 4.90 Å². The molecule has 6 atom stereocenters. The third-order valence-electron chi connectivity index (χ3n) is 8.83. The Hall–Kier alpha value is -3.99. The van der Waals surface area contributed by atoms with Gasteiger partial charge in [0.05, 0.1) is 11.7 Å². The van der Waals surface area contributed by atoms with Crippen molar-refractivity contribution in [3.63, 3.8) is 0 Å². The Morgan fingerprint density at radius 3 is 2.32 bits per heavy atom. The molecule has 2 unspecified atom stereocenters. The number of ketones is 2. The second-order valence-electron chi connectivity index (χ2n) is 11.6. The first kappa shape index (κ1) is 28.5. The van der Waals surface area contributed by atoms with Crippen molar-refractivity contribution in [3.8, 4) is 5.75 Å². The number of hydrogen-bond donors (Lipinski definition) is 5. The monoisotopic (exact) mass is 561 g/mol. The maximum atomic E-state index is 14.1. The highest BCUT2D eigenvalue weighted by molar-refractivity contribution is 6.25. The van der Waals surface area contributed by atoms with Crippen molar-refractivity contribution in [1.29, 1.82) is 0 Å². The molecule has 2 aromatic rings. The van der Waals surface area contributed by atoms with Crippen molar-refractivity contribution >= 4 is 41.1 Å². The van der Waals surface area contributed by atoms with Crippen molar-refractivity contribution in [2.45, 2.75) is 30.6 Å². The van der Waals surface area contributed by atoms with Crippen LogP contribution in [-0.4, -0.2) is 88.7 Å². The molecule has 2 saturated carbocycles. The molecule has 5 rings (SSSR count). The molecule has 2 aromatic carbocycles. The van der Waals surface area contributed by atoms with E-state index >= 15 is 0 Å². The molecule has 10 heteroatoms. The van der Waals surface area contributed by atoms with Crippen molar-refractivity contribution < 1.29 is 34.8 Å². The van der Waals surface area contributed by atoms with E-state index in [1.165, 1.54) is 0 Å². The van der Waals surface area contributed by atoms with Gasteiger partial charge in [0.1, 0.15) is 17.4 Å². The summed E-state index contributed by atoms with van der Waals surface area (Å²) in [6.07, 6.45) is 2.30. The molecule has 10 nitrogen and oxygen atoms in total. The lowest BCUT2D eigenvalue weighted by Gasteiger charge is -2.53. The van der Waals surface area contributed by atoms with Gasteiger partial charge in [-0.1, -0.05) is 42.5 Å². The molecule has 3 aliphatic rings. The number of aliphatic hydroxyl groups excluding tert-OH is 2.